The zero-order valence-corrected chi connectivity index (χ0v) is 12.0. The molecule has 1 aliphatic heterocycles. The van der Waals surface area contributed by atoms with E-state index in [9.17, 15) is 8.42 Å². The van der Waals surface area contributed by atoms with E-state index in [2.05, 4.69) is 0 Å². The zero-order chi connectivity index (χ0) is 13.2. The molecular formula is C12H18N2O2S2. The van der Waals surface area contributed by atoms with Crippen LogP contribution in [0.25, 0.3) is 0 Å². The molecule has 0 bridgehead atoms. The van der Waals surface area contributed by atoms with Crippen LogP contribution in [0.3, 0.4) is 0 Å². The second-order valence-corrected chi connectivity index (χ2v) is 7.78. The highest BCUT2D eigenvalue weighted by atomic mass is 32.2. The van der Waals surface area contributed by atoms with E-state index in [1.807, 2.05) is 29.2 Å². The Bertz CT molecular complexity index is 499. The quantitative estimate of drug-likeness (QED) is 0.900. The summed E-state index contributed by atoms with van der Waals surface area (Å²) in [4.78, 5) is 1.98. The maximum Gasteiger partial charge on any atom is 0.169 e. The molecule has 1 atom stereocenters. The van der Waals surface area contributed by atoms with Crippen molar-refractivity contribution in [3.63, 3.8) is 0 Å². The molecule has 0 radical (unpaired) electrons. The van der Waals surface area contributed by atoms with E-state index < -0.39 is 15.2 Å². The molecule has 1 aromatic rings. The number of benzene rings is 1. The first-order valence-corrected chi connectivity index (χ1v) is 8.95. The van der Waals surface area contributed by atoms with Gasteiger partial charge in [0, 0.05) is 36.5 Å². The lowest BCUT2D eigenvalue weighted by atomic mass is 10.2. The molecule has 1 fully saturated rings. The molecule has 0 aromatic heterocycles. The van der Waals surface area contributed by atoms with Gasteiger partial charge in [-0.15, -0.1) is 0 Å². The molecule has 1 aromatic carbocycles. The Morgan fingerprint density at radius 2 is 2.06 bits per heavy atom. The summed E-state index contributed by atoms with van der Waals surface area (Å²) in [6, 6.07) is 7.82. The summed E-state index contributed by atoms with van der Waals surface area (Å²) >= 11 is 1.70. The zero-order valence-electron chi connectivity index (χ0n) is 10.4. The van der Waals surface area contributed by atoms with Crippen molar-refractivity contribution in [2.45, 2.75) is 11.9 Å². The number of sulfone groups is 1. The minimum Gasteiger partial charge on any atom is -0.353 e. The van der Waals surface area contributed by atoms with Crippen LogP contribution >= 0.6 is 11.8 Å². The molecule has 18 heavy (non-hydrogen) atoms. The van der Waals surface area contributed by atoms with Crippen LogP contribution in [0, 0.1) is 0 Å². The highest BCUT2D eigenvalue weighted by Gasteiger charge is 2.30. The van der Waals surface area contributed by atoms with E-state index in [4.69, 9.17) is 5.73 Å². The van der Waals surface area contributed by atoms with Crippen molar-refractivity contribution in [2.24, 2.45) is 5.73 Å². The predicted octanol–water partition coefficient (Wildman–Crippen LogP) is 1.07. The van der Waals surface area contributed by atoms with E-state index in [-0.39, 0.29) is 0 Å². The molecular weight excluding hydrogens is 268 g/mol. The van der Waals surface area contributed by atoms with Gasteiger partial charge in [0.2, 0.25) is 0 Å². The first-order chi connectivity index (χ1) is 8.52. The second kappa shape index (κ2) is 5.50. The van der Waals surface area contributed by atoms with E-state index in [1.54, 1.807) is 11.8 Å². The van der Waals surface area contributed by atoms with Gasteiger partial charge in [-0.2, -0.15) is 11.8 Å². The van der Waals surface area contributed by atoms with Gasteiger partial charge >= 0.3 is 0 Å². The molecule has 0 saturated carbocycles. The molecule has 1 saturated heterocycles. The van der Waals surface area contributed by atoms with E-state index in [1.165, 1.54) is 6.26 Å². The fourth-order valence-electron chi connectivity index (χ4n) is 2.05. The van der Waals surface area contributed by atoms with Crippen molar-refractivity contribution in [3.8, 4) is 0 Å². The molecule has 100 valence electrons. The Morgan fingerprint density at radius 1 is 1.39 bits per heavy atom. The minimum absolute atomic E-state index is 0.417. The molecule has 0 amide bonds. The number of rotatable bonds is 3. The minimum atomic E-state index is -3.06. The molecule has 1 heterocycles. The summed E-state index contributed by atoms with van der Waals surface area (Å²) in [5.41, 5.74) is 7.58. The normalized spacial score (nSPS) is 21.0. The van der Waals surface area contributed by atoms with E-state index >= 15 is 0 Å². The Hall–Kier alpha value is -0.720. The number of hydrogen-bond donors (Lipinski definition) is 1. The van der Waals surface area contributed by atoms with Crippen LogP contribution in [0.5, 0.6) is 0 Å². The van der Waals surface area contributed by atoms with Gasteiger partial charge < -0.3 is 10.6 Å². The van der Waals surface area contributed by atoms with Crippen LogP contribution in [-0.4, -0.2) is 38.1 Å². The van der Waals surface area contributed by atoms with Gasteiger partial charge in [0.15, 0.2) is 9.84 Å². The maximum atomic E-state index is 11.8. The van der Waals surface area contributed by atoms with Gasteiger partial charge in [0.25, 0.3) is 0 Å². The highest BCUT2D eigenvalue weighted by molar-refractivity contribution is 8.01. The number of anilines is 1. The predicted molar refractivity (Wildman–Crippen MR) is 77.6 cm³/mol. The Labute approximate surface area is 112 Å². The van der Waals surface area contributed by atoms with Gasteiger partial charge in [-0.3, -0.25) is 0 Å². The molecule has 2 N–H and O–H groups in total. The molecule has 6 heteroatoms. The van der Waals surface area contributed by atoms with Crippen LogP contribution in [0.2, 0.25) is 0 Å². The lowest BCUT2D eigenvalue weighted by Gasteiger charge is -2.35. The smallest absolute Gasteiger partial charge is 0.169 e. The summed E-state index contributed by atoms with van der Waals surface area (Å²) in [7, 11) is -3.06. The first-order valence-electron chi connectivity index (χ1n) is 5.84. The fourth-order valence-corrected chi connectivity index (χ4v) is 4.90. The van der Waals surface area contributed by atoms with Crippen molar-refractivity contribution in [2.75, 3.05) is 29.2 Å². The number of hydrogen-bond acceptors (Lipinski definition) is 5. The van der Waals surface area contributed by atoms with Crippen LogP contribution < -0.4 is 10.6 Å². The van der Waals surface area contributed by atoms with Crippen molar-refractivity contribution in [1.29, 1.82) is 0 Å². The number of nitrogens with zero attached hydrogens (tertiary/aromatic N) is 1. The Morgan fingerprint density at radius 3 is 2.61 bits per heavy atom. The summed E-state index contributed by atoms with van der Waals surface area (Å²) in [6.07, 6.45) is 1.31. The van der Waals surface area contributed by atoms with Crippen molar-refractivity contribution in [3.05, 3.63) is 29.8 Å². The van der Waals surface area contributed by atoms with Gasteiger partial charge in [0.1, 0.15) is 5.37 Å². The molecule has 1 aliphatic rings. The SMILES string of the molecule is CS(=O)(=O)C1CSCCN1c1ccc(CN)cc1. The summed E-state index contributed by atoms with van der Waals surface area (Å²) in [5.74, 6) is 1.60. The van der Waals surface area contributed by atoms with Gasteiger partial charge in [-0.25, -0.2) is 8.42 Å². The third kappa shape index (κ3) is 2.99. The van der Waals surface area contributed by atoms with Crippen LogP contribution in [0.15, 0.2) is 24.3 Å². The third-order valence-corrected chi connectivity index (χ3v) is 5.73. The van der Waals surface area contributed by atoms with E-state index in [0.717, 1.165) is 23.5 Å². The van der Waals surface area contributed by atoms with Gasteiger partial charge in [0.05, 0.1) is 0 Å². The third-order valence-electron chi connectivity index (χ3n) is 3.08. The lowest BCUT2D eigenvalue weighted by molar-refractivity contribution is 0.584. The summed E-state index contributed by atoms with van der Waals surface area (Å²) in [6.45, 7) is 1.27. The second-order valence-electron chi connectivity index (χ2n) is 4.42. The van der Waals surface area contributed by atoms with Crippen molar-refractivity contribution >= 4 is 27.3 Å². The summed E-state index contributed by atoms with van der Waals surface area (Å²) < 4.78 is 23.6. The largest absolute Gasteiger partial charge is 0.353 e. The van der Waals surface area contributed by atoms with Gasteiger partial charge in [-0.05, 0) is 17.7 Å². The lowest BCUT2D eigenvalue weighted by Crippen LogP contribution is -2.47. The first kappa shape index (κ1) is 13.7. The highest BCUT2D eigenvalue weighted by Crippen LogP contribution is 2.26. The molecule has 2 rings (SSSR count). The molecule has 0 aliphatic carbocycles. The topological polar surface area (TPSA) is 63.4 Å². The van der Waals surface area contributed by atoms with Gasteiger partial charge in [-0.1, -0.05) is 12.1 Å². The van der Waals surface area contributed by atoms with Crippen LogP contribution in [0.1, 0.15) is 5.56 Å². The van der Waals surface area contributed by atoms with Crippen molar-refractivity contribution < 1.29 is 8.42 Å². The average molecular weight is 286 g/mol. The average Bonchev–Trinajstić information content (AvgIpc) is 2.38. The number of thioether (sulfide) groups is 1. The van der Waals surface area contributed by atoms with Crippen molar-refractivity contribution in [1.82, 2.24) is 0 Å². The molecule has 4 nitrogen and oxygen atoms in total. The monoisotopic (exact) mass is 286 g/mol. The van der Waals surface area contributed by atoms with Crippen LogP contribution in [-0.2, 0) is 16.4 Å². The fraction of sp³-hybridized carbons (Fsp3) is 0.500. The maximum absolute atomic E-state index is 11.8. The Balaban J connectivity index is 2.28. The summed E-state index contributed by atoms with van der Waals surface area (Å²) in [5, 5.41) is -0.417. The number of nitrogens with two attached hydrogens (primary N) is 1. The van der Waals surface area contributed by atoms with E-state index in [0.29, 0.717) is 12.3 Å². The van der Waals surface area contributed by atoms with Crippen LogP contribution in [0.4, 0.5) is 5.69 Å². The molecule has 1 unspecified atom stereocenters. The molecule has 0 spiro atoms. The Kier molecular flexibility index (Phi) is 4.19. The standard InChI is InChI=1S/C12H18N2O2S2/c1-18(15,16)12-9-17-7-6-14(12)11-4-2-10(8-13)3-5-11/h2-5,12H,6-9,13H2,1H3.